The van der Waals surface area contributed by atoms with Crippen LogP contribution in [-0.2, 0) is 13.0 Å². The number of hydrogen-bond donors (Lipinski definition) is 2. The van der Waals surface area contributed by atoms with Gasteiger partial charge in [0.05, 0.1) is 17.7 Å². The topological polar surface area (TPSA) is 52.9 Å². The summed E-state index contributed by atoms with van der Waals surface area (Å²) in [5, 5.41) is 20.8. The maximum atomic E-state index is 10.5. The number of piperidine rings is 1. The number of aromatic hydroxyl groups is 1. The molecule has 2 aromatic rings. The number of halogens is 1. The van der Waals surface area contributed by atoms with Crippen LogP contribution < -0.4 is 4.74 Å². The lowest BCUT2D eigenvalue weighted by molar-refractivity contribution is 0.0239. The molecule has 4 nitrogen and oxygen atoms in total. The van der Waals surface area contributed by atoms with Gasteiger partial charge in [-0.15, -0.1) is 0 Å². The standard InChI is InChI=1S/C21H26ClNO3/c1-2-26-20-12-16(11-18(22)21(20)25)10-17-14-23(9-8-19(17)24)13-15-6-4-3-5-7-15/h3-7,11-12,17,19,24-25H,2,8-10,13-14H2,1H3. The maximum absolute atomic E-state index is 10.5. The van der Waals surface area contributed by atoms with Crippen molar-refractivity contribution in [1.82, 2.24) is 4.90 Å². The molecule has 1 aliphatic rings. The van der Waals surface area contributed by atoms with Crippen molar-refractivity contribution in [2.45, 2.75) is 32.4 Å². The largest absolute Gasteiger partial charge is 0.503 e. The highest BCUT2D eigenvalue weighted by atomic mass is 35.5. The summed E-state index contributed by atoms with van der Waals surface area (Å²) in [5.74, 6) is 0.510. The second-order valence-corrected chi connectivity index (χ2v) is 7.31. The molecular weight excluding hydrogens is 350 g/mol. The number of likely N-dealkylation sites (tertiary alicyclic amines) is 1. The van der Waals surface area contributed by atoms with E-state index in [9.17, 15) is 10.2 Å². The second-order valence-electron chi connectivity index (χ2n) is 6.90. The number of benzene rings is 2. The third-order valence-electron chi connectivity index (χ3n) is 4.91. The summed E-state index contributed by atoms with van der Waals surface area (Å²) >= 11 is 6.14. The van der Waals surface area contributed by atoms with E-state index in [1.54, 1.807) is 6.07 Å². The van der Waals surface area contributed by atoms with E-state index in [4.69, 9.17) is 16.3 Å². The summed E-state index contributed by atoms with van der Waals surface area (Å²) in [5.41, 5.74) is 2.26. The number of phenols is 1. The zero-order valence-corrected chi connectivity index (χ0v) is 15.8. The molecule has 1 saturated heterocycles. The van der Waals surface area contributed by atoms with Crippen LogP contribution in [-0.4, -0.2) is 40.9 Å². The molecule has 1 aliphatic heterocycles. The summed E-state index contributed by atoms with van der Waals surface area (Å²) in [6.45, 7) is 4.95. The first-order valence-corrected chi connectivity index (χ1v) is 9.53. The predicted octanol–water partition coefficient (Wildman–Crippen LogP) is 3.87. The number of phenolic OH excluding ortho intramolecular Hbond substituents is 1. The monoisotopic (exact) mass is 375 g/mol. The number of ether oxygens (including phenoxy) is 1. The molecule has 1 fully saturated rings. The van der Waals surface area contributed by atoms with Crippen molar-refractivity contribution >= 4 is 11.6 Å². The van der Waals surface area contributed by atoms with Crippen LogP contribution in [0.1, 0.15) is 24.5 Å². The Kier molecular flexibility index (Phi) is 6.41. The fourth-order valence-corrected chi connectivity index (χ4v) is 3.83. The van der Waals surface area contributed by atoms with Gasteiger partial charge in [-0.2, -0.15) is 0 Å². The van der Waals surface area contributed by atoms with E-state index in [1.807, 2.05) is 19.1 Å². The highest BCUT2D eigenvalue weighted by Gasteiger charge is 2.28. The van der Waals surface area contributed by atoms with Crippen molar-refractivity contribution in [2.24, 2.45) is 5.92 Å². The molecule has 1 heterocycles. The van der Waals surface area contributed by atoms with Gasteiger partial charge in [0.1, 0.15) is 0 Å². The van der Waals surface area contributed by atoms with E-state index < -0.39 is 0 Å². The highest BCUT2D eigenvalue weighted by molar-refractivity contribution is 6.32. The van der Waals surface area contributed by atoms with Crippen LogP contribution in [0.3, 0.4) is 0 Å². The average Bonchev–Trinajstić information content (AvgIpc) is 2.63. The van der Waals surface area contributed by atoms with E-state index in [2.05, 4.69) is 29.2 Å². The molecule has 26 heavy (non-hydrogen) atoms. The van der Waals surface area contributed by atoms with Gasteiger partial charge >= 0.3 is 0 Å². The van der Waals surface area contributed by atoms with Crippen molar-refractivity contribution in [3.63, 3.8) is 0 Å². The second kappa shape index (κ2) is 8.76. The third kappa shape index (κ3) is 4.70. The van der Waals surface area contributed by atoms with Crippen LogP contribution in [0.15, 0.2) is 42.5 Å². The van der Waals surface area contributed by atoms with E-state index in [0.29, 0.717) is 18.8 Å². The molecule has 2 aromatic carbocycles. The number of aliphatic hydroxyl groups excluding tert-OH is 1. The van der Waals surface area contributed by atoms with Crippen molar-refractivity contribution < 1.29 is 14.9 Å². The minimum atomic E-state index is -0.329. The Hall–Kier alpha value is -1.75. The Balaban J connectivity index is 1.69. The summed E-state index contributed by atoms with van der Waals surface area (Å²) in [6.07, 6.45) is 1.14. The van der Waals surface area contributed by atoms with Crippen LogP contribution in [0.2, 0.25) is 5.02 Å². The Morgan fingerprint density at radius 2 is 1.96 bits per heavy atom. The van der Waals surface area contributed by atoms with Gasteiger partial charge < -0.3 is 14.9 Å². The average molecular weight is 376 g/mol. The molecule has 0 radical (unpaired) electrons. The van der Waals surface area contributed by atoms with Crippen molar-refractivity contribution in [3.05, 3.63) is 58.6 Å². The van der Waals surface area contributed by atoms with Gasteiger partial charge in [-0.05, 0) is 43.0 Å². The van der Waals surface area contributed by atoms with E-state index >= 15 is 0 Å². The van der Waals surface area contributed by atoms with Gasteiger partial charge in [-0.1, -0.05) is 41.9 Å². The summed E-state index contributed by atoms with van der Waals surface area (Å²) in [6, 6.07) is 14.0. The molecule has 5 heteroatoms. The van der Waals surface area contributed by atoms with Crippen LogP contribution in [0.25, 0.3) is 0 Å². The summed E-state index contributed by atoms with van der Waals surface area (Å²) in [7, 11) is 0. The zero-order chi connectivity index (χ0) is 18.5. The van der Waals surface area contributed by atoms with Gasteiger partial charge in [-0.3, -0.25) is 4.90 Å². The van der Waals surface area contributed by atoms with Crippen molar-refractivity contribution in [2.75, 3.05) is 19.7 Å². The minimum Gasteiger partial charge on any atom is -0.503 e. The van der Waals surface area contributed by atoms with E-state index in [-0.39, 0.29) is 22.8 Å². The van der Waals surface area contributed by atoms with Gasteiger partial charge in [0.15, 0.2) is 11.5 Å². The van der Waals surface area contributed by atoms with Crippen molar-refractivity contribution in [3.8, 4) is 11.5 Å². The molecule has 0 spiro atoms. The van der Waals surface area contributed by atoms with Crippen LogP contribution in [0.4, 0.5) is 0 Å². The van der Waals surface area contributed by atoms with E-state index in [1.165, 1.54) is 5.56 Å². The summed E-state index contributed by atoms with van der Waals surface area (Å²) < 4.78 is 5.47. The minimum absolute atomic E-state index is 0.0211. The van der Waals surface area contributed by atoms with Crippen LogP contribution >= 0.6 is 11.6 Å². The lowest BCUT2D eigenvalue weighted by atomic mass is 9.88. The molecule has 0 aliphatic carbocycles. The molecular formula is C21H26ClNO3. The molecule has 2 atom stereocenters. The summed E-state index contributed by atoms with van der Waals surface area (Å²) in [4.78, 5) is 2.39. The Bertz CT molecular complexity index is 723. The smallest absolute Gasteiger partial charge is 0.176 e. The van der Waals surface area contributed by atoms with Gasteiger partial charge in [0.25, 0.3) is 0 Å². The Morgan fingerprint density at radius 1 is 1.19 bits per heavy atom. The molecule has 2 N–H and O–H groups in total. The molecule has 0 saturated carbocycles. The lowest BCUT2D eigenvalue weighted by Gasteiger charge is -2.36. The molecule has 140 valence electrons. The van der Waals surface area contributed by atoms with Gasteiger partial charge in [0, 0.05) is 25.6 Å². The number of aliphatic hydroxyl groups is 1. The third-order valence-corrected chi connectivity index (χ3v) is 5.20. The normalized spacial score (nSPS) is 20.9. The molecule has 0 bridgehead atoms. The van der Waals surface area contributed by atoms with E-state index in [0.717, 1.165) is 31.6 Å². The Morgan fingerprint density at radius 3 is 2.69 bits per heavy atom. The maximum Gasteiger partial charge on any atom is 0.176 e. The molecule has 0 amide bonds. The fraction of sp³-hybridized carbons (Fsp3) is 0.429. The number of nitrogens with zero attached hydrogens (tertiary/aromatic N) is 1. The first-order valence-electron chi connectivity index (χ1n) is 9.15. The molecule has 0 aromatic heterocycles. The lowest BCUT2D eigenvalue weighted by Crippen LogP contribution is -2.43. The van der Waals surface area contributed by atoms with Crippen LogP contribution in [0, 0.1) is 5.92 Å². The number of rotatable bonds is 6. The zero-order valence-electron chi connectivity index (χ0n) is 15.1. The Labute approximate surface area is 160 Å². The fourth-order valence-electron chi connectivity index (χ4n) is 3.59. The molecule has 3 rings (SSSR count). The van der Waals surface area contributed by atoms with Gasteiger partial charge in [-0.25, -0.2) is 0 Å². The first-order chi connectivity index (χ1) is 12.6. The van der Waals surface area contributed by atoms with Gasteiger partial charge in [0.2, 0.25) is 0 Å². The molecule has 2 unspecified atom stereocenters. The SMILES string of the molecule is CCOc1cc(CC2CN(Cc3ccccc3)CCC2O)cc(Cl)c1O. The first kappa shape index (κ1) is 19.0. The van der Waals surface area contributed by atoms with Crippen LogP contribution in [0.5, 0.6) is 11.5 Å². The van der Waals surface area contributed by atoms with Crippen molar-refractivity contribution in [1.29, 1.82) is 0 Å². The quantitative estimate of drug-likeness (QED) is 0.804. The predicted molar refractivity (Wildman–Crippen MR) is 104 cm³/mol. The number of hydrogen-bond acceptors (Lipinski definition) is 4. The highest BCUT2D eigenvalue weighted by Crippen LogP contribution is 2.36.